The van der Waals surface area contributed by atoms with Crippen LogP contribution in [0.2, 0.25) is 5.02 Å². The van der Waals surface area contributed by atoms with Gasteiger partial charge >= 0.3 is 5.97 Å². The molecule has 0 bridgehead atoms. The Kier molecular flexibility index (Phi) is 3.14. The highest BCUT2D eigenvalue weighted by Gasteiger charge is 2.15. The molecule has 1 unspecified atom stereocenters. The Balaban J connectivity index is 2.34. The lowest BCUT2D eigenvalue weighted by atomic mass is 10.0. The molecular weight excluding hydrogens is 292 g/mol. The summed E-state index contributed by atoms with van der Waals surface area (Å²) in [5.41, 5.74) is 1.30. The van der Waals surface area contributed by atoms with Gasteiger partial charge in [0.25, 0.3) is 5.56 Å². The van der Waals surface area contributed by atoms with Gasteiger partial charge in [-0.25, -0.2) is 4.98 Å². The van der Waals surface area contributed by atoms with E-state index in [4.69, 9.17) is 16.7 Å². The van der Waals surface area contributed by atoms with Gasteiger partial charge in [0, 0.05) is 11.2 Å². The zero-order valence-corrected chi connectivity index (χ0v) is 11.8. The summed E-state index contributed by atoms with van der Waals surface area (Å²) in [6, 6.07) is 8.24. The molecule has 0 radical (unpaired) electrons. The highest BCUT2D eigenvalue weighted by molar-refractivity contribution is 6.31. The van der Waals surface area contributed by atoms with Crippen molar-refractivity contribution in [2.24, 2.45) is 0 Å². The van der Waals surface area contributed by atoms with Gasteiger partial charge in [-0.3, -0.25) is 14.0 Å². The van der Waals surface area contributed by atoms with Crippen LogP contribution in [0.4, 0.5) is 0 Å². The van der Waals surface area contributed by atoms with Crippen molar-refractivity contribution < 1.29 is 9.90 Å². The number of aliphatic carboxylic acids is 1. The summed E-state index contributed by atoms with van der Waals surface area (Å²) in [5, 5.41) is 9.92. The molecule has 106 valence electrons. The summed E-state index contributed by atoms with van der Waals surface area (Å²) in [7, 11) is 0. The van der Waals surface area contributed by atoms with Crippen LogP contribution in [0.25, 0.3) is 16.6 Å². The zero-order valence-electron chi connectivity index (χ0n) is 11.1. The van der Waals surface area contributed by atoms with Gasteiger partial charge in [0.2, 0.25) is 0 Å². The van der Waals surface area contributed by atoms with E-state index in [1.54, 1.807) is 37.3 Å². The maximum atomic E-state index is 12.5. The summed E-state index contributed by atoms with van der Waals surface area (Å²) >= 11 is 5.91. The fraction of sp³-hybridized carbons (Fsp3) is 0.133. The lowest BCUT2D eigenvalue weighted by Crippen LogP contribution is -2.17. The summed E-state index contributed by atoms with van der Waals surface area (Å²) < 4.78 is 1.35. The second kappa shape index (κ2) is 4.86. The first-order chi connectivity index (χ1) is 9.97. The minimum atomic E-state index is -0.945. The lowest BCUT2D eigenvalue weighted by molar-refractivity contribution is -0.138. The molecule has 0 aliphatic carbocycles. The van der Waals surface area contributed by atoms with Crippen LogP contribution in [0.15, 0.2) is 41.3 Å². The minimum Gasteiger partial charge on any atom is -0.481 e. The monoisotopic (exact) mass is 302 g/mol. The number of carbonyl (C=O) groups is 1. The van der Waals surface area contributed by atoms with E-state index in [1.165, 1.54) is 10.6 Å². The fourth-order valence-corrected chi connectivity index (χ4v) is 2.36. The number of halogens is 1. The lowest BCUT2D eigenvalue weighted by Gasteiger charge is -2.09. The summed E-state index contributed by atoms with van der Waals surface area (Å²) in [6.07, 6.45) is 1.52. The van der Waals surface area contributed by atoms with Gasteiger partial charge in [-0.15, -0.1) is 0 Å². The number of hydrogen-bond acceptors (Lipinski definition) is 3. The molecule has 0 saturated carbocycles. The second-order valence-corrected chi connectivity index (χ2v) is 5.27. The van der Waals surface area contributed by atoms with E-state index in [0.29, 0.717) is 27.1 Å². The van der Waals surface area contributed by atoms with E-state index in [9.17, 15) is 9.59 Å². The third kappa shape index (κ3) is 2.25. The van der Waals surface area contributed by atoms with Crippen molar-refractivity contribution >= 4 is 34.1 Å². The van der Waals surface area contributed by atoms with Crippen molar-refractivity contribution in [2.75, 3.05) is 0 Å². The Morgan fingerprint density at radius 2 is 2.10 bits per heavy atom. The second-order valence-electron chi connectivity index (χ2n) is 4.83. The van der Waals surface area contributed by atoms with Crippen molar-refractivity contribution in [2.45, 2.75) is 12.8 Å². The molecule has 2 heterocycles. The highest BCUT2D eigenvalue weighted by Crippen LogP contribution is 2.18. The van der Waals surface area contributed by atoms with Crippen molar-refractivity contribution in [1.29, 1.82) is 0 Å². The Morgan fingerprint density at radius 1 is 1.33 bits per heavy atom. The molecule has 2 aromatic heterocycles. The number of carboxylic acids is 1. The summed E-state index contributed by atoms with van der Waals surface area (Å²) in [4.78, 5) is 27.9. The predicted molar refractivity (Wildman–Crippen MR) is 80.0 cm³/mol. The van der Waals surface area contributed by atoms with Gasteiger partial charge in [-0.1, -0.05) is 17.7 Å². The van der Waals surface area contributed by atoms with Crippen LogP contribution in [-0.2, 0) is 4.79 Å². The maximum absolute atomic E-state index is 12.5. The van der Waals surface area contributed by atoms with Gasteiger partial charge in [0.15, 0.2) is 0 Å². The standard InChI is InChI=1S/C15H11ClN2O3/c1-8(15(20)21)9-2-5-13-17-12-4-3-10(16)6-11(12)14(19)18(13)7-9/h2-8H,1H3,(H,20,21). The molecule has 0 aliphatic heterocycles. The Labute approximate surface area is 124 Å². The van der Waals surface area contributed by atoms with Crippen molar-refractivity contribution in [3.8, 4) is 0 Å². The van der Waals surface area contributed by atoms with Crippen molar-refractivity contribution in [1.82, 2.24) is 9.38 Å². The predicted octanol–water partition coefficient (Wildman–Crippen LogP) is 2.69. The van der Waals surface area contributed by atoms with Crippen molar-refractivity contribution in [3.63, 3.8) is 0 Å². The van der Waals surface area contributed by atoms with Gasteiger partial charge in [-0.05, 0) is 36.8 Å². The number of aromatic nitrogens is 2. The first-order valence-corrected chi connectivity index (χ1v) is 6.69. The van der Waals surface area contributed by atoms with Crippen LogP contribution in [-0.4, -0.2) is 20.5 Å². The number of carboxylic acid groups (broad SMARTS) is 1. The molecule has 0 spiro atoms. The number of rotatable bonds is 2. The summed E-state index contributed by atoms with van der Waals surface area (Å²) in [6.45, 7) is 1.57. The highest BCUT2D eigenvalue weighted by atomic mass is 35.5. The van der Waals surface area contributed by atoms with Crippen LogP contribution in [0.3, 0.4) is 0 Å². The Bertz CT molecular complexity index is 933. The number of fused-ring (bicyclic) bond motifs is 2. The quantitative estimate of drug-likeness (QED) is 0.739. The third-order valence-electron chi connectivity index (χ3n) is 3.46. The Morgan fingerprint density at radius 3 is 2.81 bits per heavy atom. The molecular formula is C15H11ClN2O3. The fourth-order valence-electron chi connectivity index (χ4n) is 2.19. The molecule has 6 heteroatoms. The van der Waals surface area contributed by atoms with Crippen LogP contribution in [0.5, 0.6) is 0 Å². The van der Waals surface area contributed by atoms with Crippen LogP contribution in [0.1, 0.15) is 18.4 Å². The average Bonchev–Trinajstić information content (AvgIpc) is 2.47. The largest absolute Gasteiger partial charge is 0.481 e. The molecule has 5 nitrogen and oxygen atoms in total. The van der Waals surface area contributed by atoms with Crippen LogP contribution < -0.4 is 5.56 Å². The minimum absolute atomic E-state index is 0.267. The van der Waals surface area contributed by atoms with Gasteiger partial charge in [0.05, 0.1) is 16.8 Å². The van der Waals surface area contributed by atoms with Crippen LogP contribution >= 0.6 is 11.6 Å². The van der Waals surface area contributed by atoms with E-state index < -0.39 is 11.9 Å². The van der Waals surface area contributed by atoms with Gasteiger partial charge in [-0.2, -0.15) is 0 Å². The molecule has 0 amide bonds. The van der Waals surface area contributed by atoms with Crippen LogP contribution in [0, 0.1) is 0 Å². The average molecular weight is 303 g/mol. The molecule has 1 atom stereocenters. The van der Waals surface area contributed by atoms with E-state index in [1.807, 2.05) is 0 Å². The SMILES string of the molecule is CC(C(=O)O)c1ccc2nc3ccc(Cl)cc3c(=O)n2c1. The van der Waals surface area contributed by atoms with Crippen molar-refractivity contribution in [3.05, 3.63) is 57.5 Å². The van der Waals surface area contributed by atoms with E-state index >= 15 is 0 Å². The van der Waals surface area contributed by atoms with Gasteiger partial charge < -0.3 is 5.11 Å². The van der Waals surface area contributed by atoms with E-state index in [-0.39, 0.29) is 5.56 Å². The molecule has 0 aliphatic rings. The molecule has 0 saturated heterocycles. The van der Waals surface area contributed by atoms with E-state index in [0.717, 1.165) is 0 Å². The zero-order chi connectivity index (χ0) is 15.1. The third-order valence-corrected chi connectivity index (χ3v) is 3.70. The normalized spacial score (nSPS) is 12.7. The van der Waals surface area contributed by atoms with Gasteiger partial charge in [0.1, 0.15) is 5.65 Å². The first kappa shape index (κ1) is 13.6. The molecule has 3 rings (SSSR count). The smallest absolute Gasteiger partial charge is 0.310 e. The molecule has 0 fully saturated rings. The molecule has 1 N–H and O–H groups in total. The topological polar surface area (TPSA) is 71.7 Å². The number of hydrogen-bond donors (Lipinski definition) is 1. The number of pyridine rings is 1. The molecule has 21 heavy (non-hydrogen) atoms. The Hall–Kier alpha value is -2.40. The number of benzene rings is 1. The molecule has 3 aromatic rings. The van der Waals surface area contributed by atoms with E-state index in [2.05, 4.69) is 4.98 Å². The first-order valence-electron chi connectivity index (χ1n) is 6.32. The molecule has 1 aromatic carbocycles. The maximum Gasteiger partial charge on any atom is 0.310 e. The summed E-state index contributed by atoms with van der Waals surface area (Å²) in [5.74, 6) is -1.64. The number of nitrogens with zero attached hydrogens (tertiary/aromatic N) is 2.